The fourth-order valence-corrected chi connectivity index (χ4v) is 11.9. The summed E-state index contributed by atoms with van der Waals surface area (Å²) in [6, 6.07) is 31.5. The highest BCUT2D eigenvalue weighted by Gasteiger charge is 2.76. The Hall–Kier alpha value is -4.18. The van der Waals surface area contributed by atoms with Gasteiger partial charge < -0.3 is 19.8 Å². The number of hydrogen-bond acceptors (Lipinski definition) is 5. The van der Waals surface area contributed by atoms with Crippen LogP contribution < -0.4 is 9.80 Å². The Balaban J connectivity index is 1.35. The van der Waals surface area contributed by atoms with Crippen molar-refractivity contribution < 1.29 is 19.5 Å². The Bertz CT molecular complexity index is 1920. The van der Waals surface area contributed by atoms with E-state index >= 15 is 9.59 Å². The molecule has 7 nitrogen and oxygen atoms in total. The molecule has 7 atom stereocenters. The Morgan fingerprint density at radius 2 is 1.50 bits per heavy atom. The van der Waals surface area contributed by atoms with Crippen LogP contribution in [0.25, 0.3) is 10.8 Å². The molecule has 3 saturated heterocycles. The number of halogens is 1. The molecule has 3 heterocycles. The standard InChI is InChI=1S/C41H40BrN3O4S/c1-3-21-43(30-17-9-6-10-18-30)38(47)34-35-39(48)45(32(26-46)23-27-13-7-5-8-14-27)37(41(35)25-33(42)36(34)50-41)40(49)44(22-4-2)31-20-19-28-15-11-12-16-29(28)24-31/h3-20,24,32-37,46H,1-2,21-23,25-26H2/t32-,33?,34+,35+,36+,37?,41?/m1/s1. The van der Waals surface area contributed by atoms with E-state index in [0.29, 0.717) is 18.5 Å². The summed E-state index contributed by atoms with van der Waals surface area (Å²) in [6.45, 7) is 8.08. The Labute approximate surface area is 305 Å². The molecular weight excluding hydrogens is 710 g/mol. The number of hydrogen-bond donors (Lipinski definition) is 1. The third-order valence-corrected chi connectivity index (χ3v) is 13.7. The van der Waals surface area contributed by atoms with Crippen molar-refractivity contribution in [2.24, 2.45) is 11.8 Å². The number of alkyl halides is 1. The highest BCUT2D eigenvalue weighted by atomic mass is 79.9. The van der Waals surface area contributed by atoms with Gasteiger partial charge in [-0.1, -0.05) is 107 Å². The lowest BCUT2D eigenvalue weighted by Gasteiger charge is -2.40. The number of amides is 3. The summed E-state index contributed by atoms with van der Waals surface area (Å²) in [5, 5.41) is 12.8. The first kappa shape index (κ1) is 34.3. The molecule has 256 valence electrons. The van der Waals surface area contributed by atoms with E-state index in [-0.39, 0.29) is 47.5 Å². The van der Waals surface area contributed by atoms with E-state index in [1.807, 2.05) is 103 Å². The maximum atomic E-state index is 15.3. The number of anilines is 2. The molecule has 0 aliphatic carbocycles. The van der Waals surface area contributed by atoms with Gasteiger partial charge in [0.25, 0.3) is 5.91 Å². The van der Waals surface area contributed by atoms with Crippen LogP contribution in [0.3, 0.4) is 0 Å². The minimum Gasteiger partial charge on any atom is -0.394 e. The molecule has 4 aromatic rings. The molecule has 3 unspecified atom stereocenters. The molecule has 0 radical (unpaired) electrons. The number of thioether (sulfide) groups is 1. The van der Waals surface area contributed by atoms with Crippen molar-refractivity contribution in [2.45, 2.75) is 39.7 Å². The zero-order valence-electron chi connectivity index (χ0n) is 27.7. The van der Waals surface area contributed by atoms with E-state index in [9.17, 15) is 9.90 Å². The topological polar surface area (TPSA) is 81.2 Å². The van der Waals surface area contributed by atoms with Crippen LogP contribution in [0.2, 0.25) is 0 Å². The number of aliphatic hydroxyl groups excluding tert-OH is 1. The summed E-state index contributed by atoms with van der Waals surface area (Å²) in [7, 11) is 0. The van der Waals surface area contributed by atoms with E-state index in [1.54, 1.807) is 38.6 Å². The van der Waals surface area contributed by atoms with Crippen LogP contribution in [-0.2, 0) is 20.8 Å². The smallest absolute Gasteiger partial charge is 0.251 e. The van der Waals surface area contributed by atoms with Gasteiger partial charge in [-0.2, -0.15) is 0 Å². The van der Waals surface area contributed by atoms with Crippen molar-refractivity contribution in [3.05, 3.63) is 134 Å². The maximum absolute atomic E-state index is 15.3. The fraction of sp³-hybridized carbons (Fsp3) is 0.293. The average Bonchev–Trinajstić information content (AvgIpc) is 3.75. The van der Waals surface area contributed by atoms with Crippen LogP contribution in [0.5, 0.6) is 0 Å². The van der Waals surface area contributed by atoms with Crippen LogP contribution in [0, 0.1) is 11.8 Å². The largest absolute Gasteiger partial charge is 0.394 e. The van der Waals surface area contributed by atoms with Crippen LogP contribution in [0.1, 0.15) is 12.0 Å². The van der Waals surface area contributed by atoms with Crippen molar-refractivity contribution >= 4 is 67.6 Å². The molecule has 7 rings (SSSR count). The quantitative estimate of drug-likeness (QED) is 0.130. The zero-order chi connectivity index (χ0) is 35.0. The van der Waals surface area contributed by atoms with Gasteiger partial charge in [-0.05, 0) is 53.4 Å². The Morgan fingerprint density at radius 3 is 2.16 bits per heavy atom. The summed E-state index contributed by atoms with van der Waals surface area (Å²) < 4.78 is -0.899. The van der Waals surface area contributed by atoms with Gasteiger partial charge in [0.05, 0.1) is 29.2 Å². The monoisotopic (exact) mass is 749 g/mol. The van der Waals surface area contributed by atoms with Gasteiger partial charge in [-0.15, -0.1) is 24.9 Å². The van der Waals surface area contributed by atoms with Gasteiger partial charge in [0.1, 0.15) is 6.04 Å². The van der Waals surface area contributed by atoms with Crippen molar-refractivity contribution in [1.29, 1.82) is 0 Å². The highest BCUT2D eigenvalue weighted by Crippen LogP contribution is 2.68. The van der Waals surface area contributed by atoms with Gasteiger partial charge in [0.2, 0.25) is 11.8 Å². The number of carbonyl (C=O) groups is 3. The maximum Gasteiger partial charge on any atom is 0.251 e. The first-order valence-corrected chi connectivity index (χ1v) is 18.8. The molecule has 1 N–H and O–H groups in total. The number of carbonyl (C=O) groups excluding carboxylic acids is 3. The molecule has 1 spiro atoms. The number of likely N-dealkylation sites (tertiary alicyclic amines) is 1. The summed E-state index contributed by atoms with van der Waals surface area (Å²) in [6.07, 6.45) is 4.29. The highest BCUT2D eigenvalue weighted by molar-refractivity contribution is 9.09. The molecule has 50 heavy (non-hydrogen) atoms. The van der Waals surface area contributed by atoms with Crippen molar-refractivity contribution in [3.8, 4) is 0 Å². The molecule has 9 heteroatoms. The minimum absolute atomic E-state index is 0.0997. The second-order valence-electron chi connectivity index (χ2n) is 13.3. The van der Waals surface area contributed by atoms with E-state index in [1.165, 1.54) is 0 Å². The number of rotatable bonds is 12. The number of para-hydroxylation sites is 1. The SMILES string of the molecule is C=CCN(C(=O)C1N([C@@H](CO)Cc2ccccc2)C(=O)[C@@H]2[C@H](C(=O)N(CC=C)c3ccccc3)[C@H]3SC12CC3Br)c1ccc2ccccc2c1. The van der Waals surface area contributed by atoms with E-state index < -0.39 is 28.7 Å². The van der Waals surface area contributed by atoms with Crippen LogP contribution in [-0.4, -0.2) is 74.3 Å². The van der Waals surface area contributed by atoms with Gasteiger partial charge in [-0.3, -0.25) is 14.4 Å². The molecule has 3 aliphatic rings. The second kappa shape index (κ2) is 14.2. The number of nitrogens with zero attached hydrogens (tertiary/aromatic N) is 3. The van der Waals surface area contributed by atoms with E-state index in [0.717, 1.165) is 22.0 Å². The first-order valence-electron chi connectivity index (χ1n) is 17.0. The third-order valence-electron chi connectivity index (χ3n) is 10.4. The van der Waals surface area contributed by atoms with Gasteiger partial charge in [0.15, 0.2) is 0 Å². The molecule has 3 aliphatic heterocycles. The van der Waals surface area contributed by atoms with Crippen LogP contribution in [0.15, 0.2) is 128 Å². The Morgan fingerprint density at radius 1 is 0.880 bits per heavy atom. The minimum atomic E-state index is -0.926. The summed E-state index contributed by atoms with van der Waals surface area (Å²) in [4.78, 5) is 50.2. The van der Waals surface area contributed by atoms with Crippen molar-refractivity contribution in [2.75, 3.05) is 29.5 Å². The average molecular weight is 751 g/mol. The predicted octanol–water partition coefficient (Wildman–Crippen LogP) is 6.65. The number of aliphatic hydroxyl groups is 1. The second-order valence-corrected chi connectivity index (χ2v) is 16.0. The normalized spacial score (nSPS) is 25.7. The lowest BCUT2D eigenvalue weighted by atomic mass is 9.70. The van der Waals surface area contributed by atoms with Gasteiger partial charge in [0, 0.05) is 34.5 Å². The lowest BCUT2D eigenvalue weighted by molar-refractivity contribution is -0.141. The van der Waals surface area contributed by atoms with E-state index in [2.05, 4.69) is 29.1 Å². The molecule has 3 fully saturated rings. The summed E-state index contributed by atoms with van der Waals surface area (Å²) in [5.74, 6) is -2.09. The van der Waals surface area contributed by atoms with Crippen LogP contribution in [0.4, 0.5) is 11.4 Å². The zero-order valence-corrected chi connectivity index (χ0v) is 30.1. The first-order chi connectivity index (χ1) is 24.3. The Kier molecular flexibility index (Phi) is 9.74. The molecule has 4 aromatic carbocycles. The molecule has 3 amide bonds. The summed E-state index contributed by atoms with van der Waals surface area (Å²) >= 11 is 5.51. The number of benzene rings is 4. The third kappa shape index (κ3) is 5.79. The number of fused-ring (bicyclic) bond motifs is 2. The molecule has 0 aromatic heterocycles. The van der Waals surface area contributed by atoms with E-state index in [4.69, 9.17) is 0 Å². The van der Waals surface area contributed by atoms with Gasteiger partial charge >= 0.3 is 0 Å². The van der Waals surface area contributed by atoms with Crippen molar-refractivity contribution in [1.82, 2.24) is 4.90 Å². The van der Waals surface area contributed by atoms with Gasteiger partial charge in [-0.25, -0.2) is 0 Å². The van der Waals surface area contributed by atoms with Crippen molar-refractivity contribution in [3.63, 3.8) is 0 Å². The molecule has 0 saturated carbocycles. The predicted molar refractivity (Wildman–Crippen MR) is 206 cm³/mol. The lowest BCUT2D eigenvalue weighted by Crippen LogP contribution is -2.58. The van der Waals surface area contributed by atoms with Crippen LogP contribution >= 0.6 is 27.7 Å². The molecule has 2 bridgehead atoms. The molecular formula is C41H40BrN3O4S. The fourth-order valence-electron chi connectivity index (χ4n) is 8.34. The summed E-state index contributed by atoms with van der Waals surface area (Å²) in [5.41, 5.74) is 2.37.